The summed E-state index contributed by atoms with van der Waals surface area (Å²) in [4.78, 5) is 3.65. The van der Waals surface area contributed by atoms with Crippen molar-refractivity contribution in [1.82, 2.24) is 4.98 Å². The number of rotatable bonds is 3. The molecule has 1 aromatic rings. The van der Waals surface area contributed by atoms with Gasteiger partial charge in [0.25, 0.3) is 6.43 Å². The SMILES string of the molecule is N#Cc1ncc(CN)c(C(F)F)c1CO. The van der Waals surface area contributed by atoms with Gasteiger partial charge >= 0.3 is 0 Å². The second-order valence-electron chi connectivity index (χ2n) is 2.80. The summed E-state index contributed by atoms with van der Waals surface area (Å²) >= 11 is 0. The Hall–Kier alpha value is -1.58. The summed E-state index contributed by atoms with van der Waals surface area (Å²) in [5.41, 5.74) is 4.70. The Morgan fingerprint density at radius 2 is 2.27 bits per heavy atom. The van der Waals surface area contributed by atoms with Crippen LogP contribution in [0.1, 0.15) is 28.8 Å². The van der Waals surface area contributed by atoms with Crippen LogP contribution < -0.4 is 5.73 Å². The Labute approximate surface area is 85.0 Å². The van der Waals surface area contributed by atoms with E-state index in [9.17, 15) is 8.78 Å². The number of halogens is 2. The van der Waals surface area contributed by atoms with Crippen molar-refractivity contribution < 1.29 is 13.9 Å². The molecule has 80 valence electrons. The molecule has 0 aliphatic rings. The van der Waals surface area contributed by atoms with Gasteiger partial charge in [-0.25, -0.2) is 13.8 Å². The normalized spacial score (nSPS) is 10.4. The van der Waals surface area contributed by atoms with Gasteiger partial charge in [-0.3, -0.25) is 0 Å². The molecule has 0 atom stereocenters. The number of hydrogen-bond donors (Lipinski definition) is 2. The molecule has 1 aromatic heterocycles. The Kier molecular flexibility index (Phi) is 3.66. The summed E-state index contributed by atoms with van der Waals surface area (Å²) in [5.74, 6) is 0. The van der Waals surface area contributed by atoms with E-state index in [1.807, 2.05) is 0 Å². The van der Waals surface area contributed by atoms with E-state index >= 15 is 0 Å². The zero-order valence-electron chi connectivity index (χ0n) is 7.74. The van der Waals surface area contributed by atoms with Crippen molar-refractivity contribution >= 4 is 0 Å². The van der Waals surface area contributed by atoms with Crippen molar-refractivity contribution in [3.8, 4) is 6.07 Å². The topological polar surface area (TPSA) is 82.9 Å². The summed E-state index contributed by atoms with van der Waals surface area (Å²) in [5, 5.41) is 17.6. The third-order valence-corrected chi connectivity index (χ3v) is 2.01. The van der Waals surface area contributed by atoms with E-state index < -0.39 is 13.0 Å². The van der Waals surface area contributed by atoms with Crippen LogP contribution in [0.3, 0.4) is 0 Å². The zero-order valence-corrected chi connectivity index (χ0v) is 7.74. The number of nitriles is 1. The van der Waals surface area contributed by atoms with Crippen LogP contribution in [0, 0.1) is 11.3 Å². The van der Waals surface area contributed by atoms with Gasteiger partial charge in [0.15, 0.2) is 0 Å². The molecular weight excluding hydrogens is 204 g/mol. The van der Waals surface area contributed by atoms with Gasteiger partial charge in [0.05, 0.1) is 6.61 Å². The molecule has 0 radical (unpaired) electrons. The Morgan fingerprint density at radius 3 is 2.67 bits per heavy atom. The average molecular weight is 213 g/mol. The van der Waals surface area contributed by atoms with E-state index in [0.717, 1.165) is 6.20 Å². The van der Waals surface area contributed by atoms with Gasteiger partial charge in [0, 0.05) is 23.9 Å². The van der Waals surface area contributed by atoms with Crippen molar-refractivity contribution in [2.45, 2.75) is 19.6 Å². The molecule has 4 nitrogen and oxygen atoms in total. The number of alkyl halides is 2. The Bertz CT molecular complexity index is 401. The lowest BCUT2D eigenvalue weighted by Gasteiger charge is -2.11. The maximum Gasteiger partial charge on any atom is 0.264 e. The van der Waals surface area contributed by atoms with Crippen LogP contribution in [0.4, 0.5) is 8.78 Å². The second-order valence-corrected chi connectivity index (χ2v) is 2.80. The fourth-order valence-corrected chi connectivity index (χ4v) is 1.30. The first kappa shape index (κ1) is 11.5. The van der Waals surface area contributed by atoms with Crippen LogP contribution in [-0.4, -0.2) is 10.1 Å². The van der Waals surface area contributed by atoms with Crippen LogP contribution in [-0.2, 0) is 13.2 Å². The first-order valence-corrected chi connectivity index (χ1v) is 4.15. The fourth-order valence-electron chi connectivity index (χ4n) is 1.30. The lowest BCUT2D eigenvalue weighted by molar-refractivity contribution is 0.145. The number of nitrogens with zero attached hydrogens (tertiary/aromatic N) is 2. The molecule has 0 spiro atoms. The molecule has 0 amide bonds. The Balaban J connectivity index is 3.46. The monoisotopic (exact) mass is 213 g/mol. The molecule has 0 saturated carbocycles. The number of pyridine rings is 1. The van der Waals surface area contributed by atoms with Gasteiger partial charge < -0.3 is 10.8 Å². The molecule has 0 aromatic carbocycles. The van der Waals surface area contributed by atoms with E-state index in [-0.39, 0.29) is 28.9 Å². The minimum Gasteiger partial charge on any atom is -0.392 e. The zero-order chi connectivity index (χ0) is 11.4. The van der Waals surface area contributed by atoms with Gasteiger partial charge in [-0.05, 0) is 5.56 Å². The summed E-state index contributed by atoms with van der Waals surface area (Å²) in [6.07, 6.45) is -1.64. The molecule has 0 aliphatic heterocycles. The van der Waals surface area contributed by atoms with Crippen LogP contribution in [0.5, 0.6) is 0 Å². The third kappa shape index (κ3) is 2.09. The maximum absolute atomic E-state index is 12.7. The van der Waals surface area contributed by atoms with Gasteiger partial charge in [-0.2, -0.15) is 5.26 Å². The first-order valence-electron chi connectivity index (χ1n) is 4.15. The quantitative estimate of drug-likeness (QED) is 0.779. The van der Waals surface area contributed by atoms with Crippen molar-refractivity contribution in [2.24, 2.45) is 5.73 Å². The van der Waals surface area contributed by atoms with Crippen molar-refractivity contribution in [1.29, 1.82) is 5.26 Å². The fraction of sp³-hybridized carbons (Fsp3) is 0.333. The summed E-state index contributed by atoms with van der Waals surface area (Å²) in [6.45, 7) is -0.755. The molecule has 0 aliphatic carbocycles. The molecule has 0 fully saturated rings. The summed E-state index contributed by atoms with van der Waals surface area (Å²) in [7, 11) is 0. The predicted octanol–water partition coefficient (Wildman–Crippen LogP) is 0.842. The van der Waals surface area contributed by atoms with Crippen molar-refractivity contribution in [3.63, 3.8) is 0 Å². The van der Waals surface area contributed by atoms with Crippen molar-refractivity contribution in [3.05, 3.63) is 28.6 Å². The standard InChI is InChI=1S/C9H9F2N3O/c10-9(11)8-5(1-12)3-14-7(2-13)6(8)4-15/h3,9,15H,1,4,12H2. The number of nitrogens with two attached hydrogens (primary N) is 1. The number of aromatic nitrogens is 1. The number of aliphatic hydroxyl groups is 1. The molecule has 1 rings (SSSR count). The van der Waals surface area contributed by atoms with Crippen LogP contribution in [0.15, 0.2) is 6.20 Å². The Morgan fingerprint density at radius 1 is 1.60 bits per heavy atom. The lowest BCUT2D eigenvalue weighted by Crippen LogP contribution is -2.09. The molecule has 0 unspecified atom stereocenters. The minimum atomic E-state index is -2.78. The highest BCUT2D eigenvalue weighted by Crippen LogP contribution is 2.27. The maximum atomic E-state index is 12.7. The van der Waals surface area contributed by atoms with E-state index in [1.54, 1.807) is 6.07 Å². The number of hydrogen-bond acceptors (Lipinski definition) is 4. The molecule has 0 bridgehead atoms. The molecule has 1 heterocycles. The third-order valence-electron chi connectivity index (χ3n) is 2.01. The average Bonchev–Trinajstić information content (AvgIpc) is 2.26. The molecule has 6 heteroatoms. The molecule has 0 saturated heterocycles. The summed E-state index contributed by atoms with van der Waals surface area (Å²) in [6, 6.07) is 1.65. The smallest absolute Gasteiger partial charge is 0.264 e. The van der Waals surface area contributed by atoms with Gasteiger partial charge in [0.2, 0.25) is 0 Å². The lowest BCUT2D eigenvalue weighted by atomic mass is 10.0. The van der Waals surface area contributed by atoms with Gasteiger partial charge in [-0.15, -0.1) is 0 Å². The number of aliphatic hydroxyl groups excluding tert-OH is 1. The predicted molar refractivity (Wildman–Crippen MR) is 47.7 cm³/mol. The van der Waals surface area contributed by atoms with Crippen LogP contribution in [0.25, 0.3) is 0 Å². The summed E-state index contributed by atoms with van der Waals surface area (Å²) < 4.78 is 25.3. The first-order chi connectivity index (χ1) is 7.15. The van der Waals surface area contributed by atoms with Crippen LogP contribution in [0.2, 0.25) is 0 Å². The minimum absolute atomic E-state index is 0.106. The van der Waals surface area contributed by atoms with Crippen molar-refractivity contribution in [2.75, 3.05) is 0 Å². The van der Waals surface area contributed by atoms with Crippen LogP contribution >= 0.6 is 0 Å². The molecule has 3 N–H and O–H groups in total. The van der Waals surface area contributed by atoms with Gasteiger partial charge in [0.1, 0.15) is 11.8 Å². The molecular formula is C9H9F2N3O. The highest BCUT2D eigenvalue weighted by Gasteiger charge is 2.20. The van der Waals surface area contributed by atoms with Gasteiger partial charge in [-0.1, -0.05) is 0 Å². The highest BCUT2D eigenvalue weighted by atomic mass is 19.3. The largest absolute Gasteiger partial charge is 0.392 e. The van der Waals surface area contributed by atoms with E-state index in [0.29, 0.717) is 0 Å². The van der Waals surface area contributed by atoms with E-state index in [1.165, 1.54) is 0 Å². The second kappa shape index (κ2) is 4.77. The van der Waals surface area contributed by atoms with E-state index in [4.69, 9.17) is 16.1 Å². The van der Waals surface area contributed by atoms with E-state index in [2.05, 4.69) is 4.98 Å². The molecule has 15 heavy (non-hydrogen) atoms. The highest BCUT2D eigenvalue weighted by molar-refractivity contribution is 5.42.